The minimum atomic E-state index is 1.02. The lowest BCUT2D eigenvalue weighted by atomic mass is 9.92. The Morgan fingerprint density at radius 1 is 1.00 bits per heavy atom. The highest BCUT2D eigenvalue weighted by Crippen LogP contribution is 2.31. The predicted molar refractivity (Wildman–Crippen MR) is 109 cm³/mol. The maximum absolute atomic E-state index is 4.24. The second-order valence-electron chi connectivity index (χ2n) is 5.71. The molecule has 0 aromatic heterocycles. The molecule has 0 aliphatic heterocycles. The summed E-state index contributed by atoms with van der Waals surface area (Å²) in [5.41, 5.74) is 7.16. The van der Waals surface area contributed by atoms with Crippen LogP contribution in [-0.2, 0) is 0 Å². The van der Waals surface area contributed by atoms with Gasteiger partial charge in [-0.2, -0.15) is 0 Å². The van der Waals surface area contributed by atoms with Crippen molar-refractivity contribution in [3.05, 3.63) is 96.6 Å². The molecule has 2 aromatic carbocycles. The Morgan fingerprint density at radius 2 is 1.79 bits per heavy atom. The van der Waals surface area contributed by atoms with Gasteiger partial charge in [0.25, 0.3) is 0 Å². The first-order valence-electron chi connectivity index (χ1n) is 8.56. The molecule has 0 radical (unpaired) electrons. The van der Waals surface area contributed by atoms with Gasteiger partial charge in [0.2, 0.25) is 0 Å². The Morgan fingerprint density at radius 3 is 2.50 bits per heavy atom. The third kappa shape index (κ3) is 4.23. The van der Waals surface area contributed by atoms with Gasteiger partial charge in [-0.25, -0.2) is 0 Å². The molecule has 0 N–H and O–H groups in total. The minimum Gasteiger partial charge on any atom is -0.0911 e. The summed E-state index contributed by atoms with van der Waals surface area (Å²) in [6.45, 7) is 10.5. The summed E-state index contributed by atoms with van der Waals surface area (Å²) in [6.07, 6.45) is 11.7. The monoisotopic (exact) mass is 314 g/mol. The summed E-state index contributed by atoms with van der Waals surface area (Å²) in [6, 6.07) is 17.2. The Kier molecular flexibility index (Phi) is 6.57. The van der Waals surface area contributed by atoms with E-state index in [9.17, 15) is 0 Å². The van der Waals surface area contributed by atoms with Gasteiger partial charge < -0.3 is 0 Å². The van der Waals surface area contributed by atoms with Crippen LogP contribution in [-0.4, -0.2) is 0 Å². The van der Waals surface area contributed by atoms with Gasteiger partial charge in [0, 0.05) is 0 Å². The number of benzene rings is 2. The van der Waals surface area contributed by atoms with Crippen molar-refractivity contribution in [1.29, 1.82) is 0 Å². The molecular weight excluding hydrogens is 288 g/mol. The van der Waals surface area contributed by atoms with Crippen molar-refractivity contribution in [2.75, 3.05) is 0 Å². The van der Waals surface area contributed by atoms with E-state index in [2.05, 4.69) is 99.3 Å². The van der Waals surface area contributed by atoms with Gasteiger partial charge in [-0.3, -0.25) is 0 Å². The lowest BCUT2D eigenvalue weighted by Crippen LogP contribution is -1.89. The van der Waals surface area contributed by atoms with Crippen molar-refractivity contribution in [3.8, 4) is 11.1 Å². The number of hydrogen-bond acceptors (Lipinski definition) is 0. The second kappa shape index (κ2) is 8.88. The lowest BCUT2D eigenvalue weighted by molar-refractivity contribution is 1.23. The van der Waals surface area contributed by atoms with Crippen LogP contribution in [0.4, 0.5) is 0 Å². The van der Waals surface area contributed by atoms with E-state index >= 15 is 0 Å². The third-order valence-corrected chi connectivity index (χ3v) is 3.99. The van der Waals surface area contributed by atoms with Crippen molar-refractivity contribution in [2.45, 2.75) is 27.2 Å². The molecule has 2 rings (SSSR count). The van der Waals surface area contributed by atoms with Crippen LogP contribution in [0.1, 0.15) is 38.3 Å². The predicted octanol–water partition coefficient (Wildman–Crippen LogP) is 7.31. The fraction of sp³-hybridized carbons (Fsp3) is 0.167. The molecule has 0 bridgehead atoms. The Bertz CT molecular complexity index is 785. The number of hydrogen-bond donors (Lipinski definition) is 0. The average molecular weight is 314 g/mol. The van der Waals surface area contributed by atoms with Crippen LogP contribution >= 0.6 is 0 Å². The molecule has 0 nitrogen and oxygen atoms in total. The van der Waals surface area contributed by atoms with E-state index in [1.165, 1.54) is 27.8 Å². The van der Waals surface area contributed by atoms with Crippen LogP contribution in [0.5, 0.6) is 0 Å². The van der Waals surface area contributed by atoms with Gasteiger partial charge in [-0.05, 0) is 59.7 Å². The van der Waals surface area contributed by atoms with Crippen LogP contribution < -0.4 is 0 Å². The minimum absolute atomic E-state index is 1.02. The fourth-order valence-corrected chi connectivity index (χ4v) is 2.77. The van der Waals surface area contributed by atoms with E-state index in [0.717, 1.165) is 12.0 Å². The summed E-state index contributed by atoms with van der Waals surface area (Å²) in [7, 11) is 0. The maximum atomic E-state index is 4.24. The lowest BCUT2D eigenvalue weighted by Gasteiger charge is -2.12. The zero-order chi connectivity index (χ0) is 17.4. The molecule has 0 aliphatic carbocycles. The van der Waals surface area contributed by atoms with Crippen LogP contribution in [0, 0.1) is 0 Å². The van der Waals surface area contributed by atoms with Crippen LogP contribution in [0.2, 0.25) is 0 Å². The van der Waals surface area contributed by atoms with Crippen molar-refractivity contribution < 1.29 is 0 Å². The molecule has 0 saturated carbocycles. The van der Waals surface area contributed by atoms with E-state index in [0.29, 0.717) is 0 Å². The normalized spacial score (nSPS) is 12.2. The molecule has 0 unspecified atom stereocenters. The highest BCUT2D eigenvalue weighted by atomic mass is 14.1. The molecule has 0 spiro atoms. The SMILES string of the molecule is C=C(/C=C\CC)c1ccccc1-c1cccc(C(/C=C\C)=C/C)c1. The highest BCUT2D eigenvalue weighted by molar-refractivity contribution is 5.86. The first-order chi connectivity index (χ1) is 11.7. The quantitative estimate of drug-likeness (QED) is 0.490. The highest BCUT2D eigenvalue weighted by Gasteiger charge is 2.07. The van der Waals surface area contributed by atoms with Gasteiger partial charge in [-0.1, -0.05) is 86.3 Å². The molecule has 122 valence electrons. The first-order valence-corrected chi connectivity index (χ1v) is 8.56. The largest absolute Gasteiger partial charge is 0.0911 e. The smallest absolute Gasteiger partial charge is 0.0105 e. The molecule has 0 heterocycles. The molecular formula is C24H26. The Hall–Kier alpha value is -2.60. The van der Waals surface area contributed by atoms with Gasteiger partial charge in [-0.15, -0.1) is 0 Å². The summed E-state index contributed by atoms with van der Waals surface area (Å²) >= 11 is 0. The molecule has 0 atom stereocenters. The van der Waals surface area contributed by atoms with Gasteiger partial charge in [0.05, 0.1) is 0 Å². The summed E-state index contributed by atoms with van der Waals surface area (Å²) < 4.78 is 0. The van der Waals surface area contributed by atoms with Crippen LogP contribution in [0.25, 0.3) is 22.3 Å². The number of rotatable bonds is 6. The zero-order valence-electron chi connectivity index (χ0n) is 14.9. The molecule has 0 aliphatic rings. The Labute approximate surface area is 146 Å². The Balaban J connectivity index is 2.50. The van der Waals surface area contributed by atoms with Crippen LogP contribution in [0.3, 0.4) is 0 Å². The van der Waals surface area contributed by atoms with E-state index in [1.807, 2.05) is 6.92 Å². The van der Waals surface area contributed by atoms with E-state index in [4.69, 9.17) is 0 Å². The van der Waals surface area contributed by atoms with Crippen LogP contribution in [0.15, 0.2) is 85.5 Å². The molecule has 24 heavy (non-hydrogen) atoms. The summed E-state index contributed by atoms with van der Waals surface area (Å²) in [5.74, 6) is 0. The van der Waals surface area contributed by atoms with Crippen molar-refractivity contribution >= 4 is 11.1 Å². The van der Waals surface area contributed by atoms with Crippen molar-refractivity contribution in [2.24, 2.45) is 0 Å². The van der Waals surface area contributed by atoms with Crippen molar-refractivity contribution in [1.82, 2.24) is 0 Å². The molecule has 0 fully saturated rings. The third-order valence-electron chi connectivity index (χ3n) is 3.99. The molecule has 2 aromatic rings. The molecule has 0 saturated heterocycles. The van der Waals surface area contributed by atoms with Crippen molar-refractivity contribution in [3.63, 3.8) is 0 Å². The summed E-state index contributed by atoms with van der Waals surface area (Å²) in [5, 5.41) is 0. The molecule has 0 amide bonds. The fourth-order valence-electron chi connectivity index (χ4n) is 2.77. The number of allylic oxidation sites excluding steroid dienone is 7. The zero-order valence-corrected chi connectivity index (χ0v) is 14.9. The maximum Gasteiger partial charge on any atom is -0.0105 e. The van der Waals surface area contributed by atoms with E-state index in [-0.39, 0.29) is 0 Å². The van der Waals surface area contributed by atoms with Gasteiger partial charge in [0.1, 0.15) is 0 Å². The topological polar surface area (TPSA) is 0 Å². The molecule has 0 heteroatoms. The summed E-state index contributed by atoms with van der Waals surface area (Å²) in [4.78, 5) is 0. The first kappa shape index (κ1) is 17.7. The standard InChI is InChI=1S/C24H26/c1-5-8-13-19(4)23-16-9-10-17-24(23)22-15-11-14-21(18-22)20(7-3)12-6-2/h6-18H,4-5H2,1-3H3/b12-6-,13-8-,20-7+. The van der Waals surface area contributed by atoms with Gasteiger partial charge >= 0.3 is 0 Å². The van der Waals surface area contributed by atoms with E-state index < -0.39 is 0 Å². The second-order valence-corrected chi connectivity index (χ2v) is 5.71. The van der Waals surface area contributed by atoms with E-state index in [1.54, 1.807) is 0 Å². The average Bonchev–Trinajstić information content (AvgIpc) is 2.64. The van der Waals surface area contributed by atoms with Gasteiger partial charge in [0.15, 0.2) is 0 Å².